The van der Waals surface area contributed by atoms with Crippen molar-refractivity contribution in [3.63, 3.8) is 0 Å². The summed E-state index contributed by atoms with van der Waals surface area (Å²) < 4.78 is 0. The first-order valence-corrected chi connectivity index (χ1v) is 7.98. The maximum absolute atomic E-state index is 4.26. The summed E-state index contributed by atoms with van der Waals surface area (Å²) in [7, 11) is 1.84. The molecule has 2 heterocycles. The number of fused-ring (bicyclic) bond motifs is 1. The number of rotatable bonds is 4. The topological polar surface area (TPSA) is 39.7 Å². The van der Waals surface area contributed by atoms with Crippen molar-refractivity contribution in [3.8, 4) is 0 Å². The van der Waals surface area contributed by atoms with E-state index in [1.807, 2.05) is 18.4 Å². The molecule has 0 amide bonds. The molecule has 1 aromatic heterocycles. The predicted molar refractivity (Wildman–Crippen MR) is 80.8 cm³/mol. The summed E-state index contributed by atoms with van der Waals surface area (Å²) in [6.07, 6.45) is 3.78. The SMILES string of the molecule is CN=C(NCCN1CCc2sccc2C1)NC1CC1. The Morgan fingerprint density at radius 3 is 3.21 bits per heavy atom. The zero-order valence-electron chi connectivity index (χ0n) is 11.5. The highest BCUT2D eigenvalue weighted by Crippen LogP contribution is 2.23. The fourth-order valence-electron chi connectivity index (χ4n) is 2.45. The molecule has 0 saturated heterocycles. The van der Waals surface area contributed by atoms with Crippen LogP contribution in [0.4, 0.5) is 0 Å². The molecule has 0 atom stereocenters. The second kappa shape index (κ2) is 5.92. The van der Waals surface area contributed by atoms with Crippen molar-refractivity contribution in [2.75, 3.05) is 26.7 Å². The lowest BCUT2D eigenvalue weighted by molar-refractivity contribution is 0.260. The lowest BCUT2D eigenvalue weighted by atomic mass is 10.1. The molecule has 104 valence electrons. The molecule has 4 nitrogen and oxygen atoms in total. The van der Waals surface area contributed by atoms with Gasteiger partial charge in [-0.3, -0.25) is 9.89 Å². The van der Waals surface area contributed by atoms with Crippen LogP contribution in [0.2, 0.25) is 0 Å². The molecule has 3 rings (SSSR count). The average Bonchev–Trinajstić information content (AvgIpc) is 3.12. The van der Waals surface area contributed by atoms with Gasteiger partial charge in [-0.15, -0.1) is 11.3 Å². The second-order valence-electron chi connectivity index (χ2n) is 5.31. The van der Waals surface area contributed by atoms with Crippen molar-refractivity contribution in [2.45, 2.75) is 31.8 Å². The van der Waals surface area contributed by atoms with Crippen LogP contribution in [0.5, 0.6) is 0 Å². The summed E-state index contributed by atoms with van der Waals surface area (Å²) in [5, 5.41) is 9.03. The number of aliphatic imine (C=N–C) groups is 1. The molecule has 0 spiro atoms. The molecule has 0 bridgehead atoms. The summed E-state index contributed by atoms with van der Waals surface area (Å²) in [4.78, 5) is 8.36. The largest absolute Gasteiger partial charge is 0.355 e. The lowest BCUT2D eigenvalue weighted by Gasteiger charge is -2.27. The van der Waals surface area contributed by atoms with Crippen molar-refractivity contribution in [3.05, 3.63) is 21.9 Å². The molecule has 1 aliphatic heterocycles. The van der Waals surface area contributed by atoms with Gasteiger partial charge in [0, 0.05) is 44.1 Å². The molecule has 1 saturated carbocycles. The molecule has 0 radical (unpaired) electrons. The Labute approximate surface area is 118 Å². The molecule has 1 aromatic rings. The third kappa shape index (κ3) is 3.48. The minimum Gasteiger partial charge on any atom is -0.355 e. The Balaban J connectivity index is 1.40. The Morgan fingerprint density at radius 2 is 2.42 bits per heavy atom. The van der Waals surface area contributed by atoms with Gasteiger partial charge in [-0.25, -0.2) is 0 Å². The normalized spacial score (nSPS) is 20.2. The number of nitrogens with zero attached hydrogens (tertiary/aromatic N) is 2. The van der Waals surface area contributed by atoms with E-state index in [2.05, 4.69) is 32.0 Å². The number of thiophene rings is 1. The van der Waals surface area contributed by atoms with Crippen LogP contribution in [0, 0.1) is 0 Å². The van der Waals surface area contributed by atoms with Gasteiger partial charge in [0.2, 0.25) is 0 Å². The van der Waals surface area contributed by atoms with E-state index in [4.69, 9.17) is 0 Å². The van der Waals surface area contributed by atoms with E-state index in [9.17, 15) is 0 Å². The number of guanidine groups is 1. The van der Waals surface area contributed by atoms with Gasteiger partial charge in [0.1, 0.15) is 0 Å². The number of hydrogen-bond acceptors (Lipinski definition) is 3. The third-order valence-corrected chi connectivity index (χ3v) is 4.77. The monoisotopic (exact) mass is 278 g/mol. The number of hydrogen-bond donors (Lipinski definition) is 2. The van der Waals surface area contributed by atoms with Gasteiger partial charge in [-0.05, 0) is 36.3 Å². The third-order valence-electron chi connectivity index (χ3n) is 3.75. The van der Waals surface area contributed by atoms with Crippen LogP contribution in [0.1, 0.15) is 23.3 Å². The smallest absolute Gasteiger partial charge is 0.191 e. The van der Waals surface area contributed by atoms with E-state index >= 15 is 0 Å². The zero-order valence-corrected chi connectivity index (χ0v) is 12.3. The summed E-state index contributed by atoms with van der Waals surface area (Å²) in [5.74, 6) is 0.954. The summed E-state index contributed by atoms with van der Waals surface area (Å²) in [5.41, 5.74) is 1.52. The van der Waals surface area contributed by atoms with Gasteiger partial charge in [-0.1, -0.05) is 0 Å². The molecule has 0 unspecified atom stereocenters. The first kappa shape index (κ1) is 12.9. The highest BCUT2D eigenvalue weighted by molar-refractivity contribution is 7.10. The molecule has 0 aromatic carbocycles. The minimum atomic E-state index is 0.662. The standard InChI is InChI=1S/C14H22N4S/c1-15-14(17-12-2-3-12)16-6-8-18-7-4-13-11(10-18)5-9-19-13/h5,9,12H,2-4,6-8,10H2,1H3,(H2,15,16,17). The lowest BCUT2D eigenvalue weighted by Crippen LogP contribution is -2.43. The van der Waals surface area contributed by atoms with Crippen molar-refractivity contribution in [1.82, 2.24) is 15.5 Å². The molecule has 1 aliphatic carbocycles. The van der Waals surface area contributed by atoms with E-state index < -0.39 is 0 Å². The fraction of sp³-hybridized carbons (Fsp3) is 0.643. The molecular weight excluding hydrogens is 256 g/mol. The van der Waals surface area contributed by atoms with Crippen molar-refractivity contribution >= 4 is 17.3 Å². The first-order chi connectivity index (χ1) is 9.35. The van der Waals surface area contributed by atoms with Crippen LogP contribution < -0.4 is 10.6 Å². The Morgan fingerprint density at radius 1 is 1.53 bits per heavy atom. The van der Waals surface area contributed by atoms with Crippen molar-refractivity contribution in [1.29, 1.82) is 0 Å². The Kier molecular flexibility index (Phi) is 4.03. The van der Waals surface area contributed by atoms with Gasteiger partial charge in [-0.2, -0.15) is 0 Å². The highest BCUT2D eigenvalue weighted by atomic mass is 32.1. The maximum Gasteiger partial charge on any atom is 0.191 e. The van der Waals surface area contributed by atoms with Crippen LogP contribution in [-0.4, -0.2) is 43.6 Å². The molecule has 2 aliphatic rings. The van der Waals surface area contributed by atoms with E-state index in [1.54, 1.807) is 4.88 Å². The van der Waals surface area contributed by atoms with Gasteiger partial charge < -0.3 is 10.6 Å². The Hall–Kier alpha value is -1.07. The van der Waals surface area contributed by atoms with Crippen LogP contribution in [0.15, 0.2) is 16.4 Å². The van der Waals surface area contributed by atoms with Crippen molar-refractivity contribution < 1.29 is 0 Å². The Bertz CT molecular complexity index is 450. The van der Waals surface area contributed by atoms with E-state index in [-0.39, 0.29) is 0 Å². The molecular formula is C14H22N4S. The maximum atomic E-state index is 4.26. The van der Waals surface area contributed by atoms with Gasteiger partial charge in [0.25, 0.3) is 0 Å². The summed E-state index contributed by atoms with van der Waals surface area (Å²) >= 11 is 1.90. The first-order valence-electron chi connectivity index (χ1n) is 7.10. The van der Waals surface area contributed by atoms with E-state index in [0.717, 1.165) is 25.6 Å². The van der Waals surface area contributed by atoms with Gasteiger partial charge >= 0.3 is 0 Å². The molecule has 1 fully saturated rings. The number of nitrogens with one attached hydrogen (secondary N) is 2. The van der Waals surface area contributed by atoms with Crippen LogP contribution in [0.25, 0.3) is 0 Å². The molecule has 19 heavy (non-hydrogen) atoms. The summed E-state index contributed by atoms with van der Waals surface area (Å²) in [6.45, 7) is 4.34. The van der Waals surface area contributed by atoms with Crippen LogP contribution >= 0.6 is 11.3 Å². The van der Waals surface area contributed by atoms with Gasteiger partial charge in [0.15, 0.2) is 5.96 Å². The fourth-order valence-corrected chi connectivity index (χ4v) is 3.34. The van der Waals surface area contributed by atoms with Crippen molar-refractivity contribution in [2.24, 2.45) is 4.99 Å². The molecule has 2 N–H and O–H groups in total. The van der Waals surface area contributed by atoms with Crippen LogP contribution in [-0.2, 0) is 13.0 Å². The summed E-state index contributed by atoms with van der Waals surface area (Å²) in [6, 6.07) is 2.93. The van der Waals surface area contributed by atoms with E-state index in [1.165, 1.54) is 31.4 Å². The highest BCUT2D eigenvalue weighted by Gasteiger charge is 2.22. The quantitative estimate of drug-likeness (QED) is 0.646. The predicted octanol–water partition coefficient (Wildman–Crippen LogP) is 1.43. The van der Waals surface area contributed by atoms with Gasteiger partial charge in [0.05, 0.1) is 0 Å². The molecule has 5 heteroatoms. The average molecular weight is 278 g/mol. The van der Waals surface area contributed by atoms with E-state index in [0.29, 0.717) is 6.04 Å². The second-order valence-corrected chi connectivity index (χ2v) is 6.31. The zero-order chi connectivity index (χ0) is 13.1. The van der Waals surface area contributed by atoms with Crippen LogP contribution in [0.3, 0.4) is 0 Å². The minimum absolute atomic E-state index is 0.662.